The maximum atomic E-state index is 11.5. The molecule has 0 fully saturated rings. The monoisotopic (exact) mass is 329 g/mol. The van der Waals surface area contributed by atoms with E-state index in [-0.39, 0.29) is 10.9 Å². The van der Waals surface area contributed by atoms with Gasteiger partial charge in [0.25, 0.3) is 0 Å². The van der Waals surface area contributed by atoms with E-state index >= 15 is 0 Å². The van der Waals surface area contributed by atoms with Gasteiger partial charge in [-0.1, -0.05) is 24.3 Å². The summed E-state index contributed by atoms with van der Waals surface area (Å²) in [6.07, 6.45) is 0. The fourth-order valence-electron chi connectivity index (χ4n) is 2.32. The smallest absolute Gasteiger partial charge is 0.238 e. The lowest BCUT2D eigenvalue weighted by Crippen LogP contribution is -2.22. The summed E-state index contributed by atoms with van der Waals surface area (Å²) in [5.74, 6) is 0. The number of hydrogen-bond acceptors (Lipinski definition) is 4. The van der Waals surface area contributed by atoms with Gasteiger partial charge in [-0.15, -0.1) is 0 Å². The molecule has 120 valence electrons. The third kappa shape index (κ3) is 4.39. The molecule has 0 spiro atoms. The third-order valence-corrected chi connectivity index (χ3v) is 4.76. The van der Waals surface area contributed by atoms with Gasteiger partial charge in [-0.3, -0.25) is 4.90 Å². The van der Waals surface area contributed by atoms with Crippen molar-refractivity contribution in [2.24, 2.45) is 5.14 Å². The Morgan fingerprint density at radius 2 is 1.87 bits per heavy atom. The van der Waals surface area contributed by atoms with Crippen LogP contribution in [-0.4, -0.2) is 20.4 Å². The van der Waals surface area contributed by atoms with Gasteiger partial charge in [-0.25, -0.2) is 13.6 Å². The summed E-state index contributed by atoms with van der Waals surface area (Å²) in [4.78, 5) is 2.22. The highest BCUT2D eigenvalue weighted by Gasteiger charge is 2.15. The van der Waals surface area contributed by atoms with E-state index in [1.165, 1.54) is 6.07 Å². The van der Waals surface area contributed by atoms with Crippen LogP contribution in [-0.2, 0) is 16.6 Å². The van der Waals surface area contributed by atoms with Crippen molar-refractivity contribution in [1.82, 2.24) is 4.90 Å². The molecule has 0 aliphatic carbocycles. The average molecular weight is 329 g/mol. The Morgan fingerprint density at radius 1 is 1.22 bits per heavy atom. The number of hydrogen-bond donors (Lipinski definition) is 1. The van der Waals surface area contributed by atoms with Gasteiger partial charge in [-0.05, 0) is 49.4 Å². The number of nitriles is 1. The summed E-state index contributed by atoms with van der Waals surface area (Å²) in [6, 6.07) is 16.2. The molecule has 0 bridgehead atoms. The third-order valence-electron chi connectivity index (χ3n) is 3.85. The van der Waals surface area contributed by atoms with Gasteiger partial charge in [0.05, 0.1) is 16.5 Å². The maximum Gasteiger partial charge on any atom is 0.238 e. The Morgan fingerprint density at radius 3 is 2.43 bits per heavy atom. The molecule has 0 heterocycles. The molecule has 2 rings (SSSR count). The molecule has 1 atom stereocenters. The van der Waals surface area contributed by atoms with Gasteiger partial charge in [-0.2, -0.15) is 5.26 Å². The second-order valence-corrected chi connectivity index (χ2v) is 7.08. The summed E-state index contributed by atoms with van der Waals surface area (Å²) < 4.78 is 22.9. The van der Waals surface area contributed by atoms with Crippen molar-refractivity contribution in [3.05, 3.63) is 65.2 Å². The van der Waals surface area contributed by atoms with E-state index in [2.05, 4.69) is 11.0 Å². The van der Waals surface area contributed by atoms with Gasteiger partial charge in [0.15, 0.2) is 0 Å². The fourth-order valence-corrected chi connectivity index (χ4v) is 2.88. The molecule has 0 aliphatic heterocycles. The van der Waals surface area contributed by atoms with Gasteiger partial charge in [0.2, 0.25) is 10.0 Å². The van der Waals surface area contributed by atoms with Crippen LogP contribution in [0.5, 0.6) is 0 Å². The molecule has 2 aromatic carbocycles. The fraction of sp³-hybridized carbons (Fsp3) is 0.235. The van der Waals surface area contributed by atoms with E-state index in [4.69, 9.17) is 10.4 Å². The molecular formula is C17H19N3O2S. The van der Waals surface area contributed by atoms with Gasteiger partial charge >= 0.3 is 0 Å². The van der Waals surface area contributed by atoms with Crippen molar-refractivity contribution in [3.8, 4) is 6.07 Å². The Balaban J connectivity index is 2.16. The van der Waals surface area contributed by atoms with Crippen molar-refractivity contribution in [2.75, 3.05) is 7.05 Å². The molecule has 2 aromatic rings. The highest BCUT2D eigenvalue weighted by atomic mass is 32.2. The largest absolute Gasteiger partial charge is 0.295 e. The van der Waals surface area contributed by atoms with Crippen LogP contribution >= 0.6 is 0 Å². The summed E-state index contributed by atoms with van der Waals surface area (Å²) in [7, 11) is -1.74. The lowest BCUT2D eigenvalue weighted by atomic mass is 10.1. The summed E-state index contributed by atoms with van der Waals surface area (Å²) in [5.41, 5.74) is 2.60. The van der Waals surface area contributed by atoms with Gasteiger partial charge in [0, 0.05) is 12.6 Å². The zero-order chi connectivity index (χ0) is 17.0. The van der Waals surface area contributed by atoms with E-state index in [0.717, 1.165) is 11.1 Å². The molecule has 0 radical (unpaired) electrons. The normalized spacial score (nSPS) is 12.8. The van der Waals surface area contributed by atoms with Crippen LogP contribution in [0.1, 0.15) is 29.7 Å². The first-order chi connectivity index (χ1) is 10.8. The van der Waals surface area contributed by atoms with Crippen molar-refractivity contribution in [3.63, 3.8) is 0 Å². The molecule has 23 heavy (non-hydrogen) atoms. The lowest BCUT2D eigenvalue weighted by molar-refractivity contribution is 0.253. The van der Waals surface area contributed by atoms with Crippen LogP contribution in [0.3, 0.4) is 0 Å². The molecule has 0 aliphatic rings. The summed E-state index contributed by atoms with van der Waals surface area (Å²) in [5, 5.41) is 14.0. The molecule has 0 saturated carbocycles. The maximum absolute atomic E-state index is 11.5. The van der Waals surface area contributed by atoms with Crippen molar-refractivity contribution in [1.29, 1.82) is 5.26 Å². The first-order valence-corrected chi connectivity index (χ1v) is 8.68. The van der Waals surface area contributed by atoms with Crippen LogP contribution in [0, 0.1) is 11.3 Å². The number of rotatable bonds is 5. The molecule has 5 nitrogen and oxygen atoms in total. The topological polar surface area (TPSA) is 87.2 Å². The molecule has 6 heteroatoms. The number of nitrogens with zero attached hydrogens (tertiary/aromatic N) is 2. The van der Waals surface area contributed by atoms with Gasteiger partial charge in [0.1, 0.15) is 0 Å². The van der Waals surface area contributed by atoms with E-state index in [1.807, 2.05) is 32.2 Å². The van der Waals surface area contributed by atoms with Crippen molar-refractivity contribution in [2.45, 2.75) is 24.4 Å². The second-order valence-electron chi connectivity index (χ2n) is 5.52. The standard InChI is InChI=1S/C17H19N3O2S/c1-13(16-4-3-5-17(10-16)23(19,21)22)20(2)12-15-8-6-14(11-18)7-9-15/h3-10,13H,12H2,1-2H3,(H2,19,21,22)/t13-/m0/s1. The Labute approximate surface area is 137 Å². The first-order valence-electron chi connectivity index (χ1n) is 7.13. The number of primary sulfonamides is 1. The van der Waals surface area contributed by atoms with Gasteiger partial charge < -0.3 is 0 Å². The van der Waals surface area contributed by atoms with E-state index in [1.54, 1.807) is 24.3 Å². The van der Waals surface area contributed by atoms with Crippen LogP contribution in [0.25, 0.3) is 0 Å². The van der Waals surface area contributed by atoms with E-state index < -0.39 is 10.0 Å². The zero-order valence-electron chi connectivity index (χ0n) is 13.1. The minimum Gasteiger partial charge on any atom is -0.295 e. The van der Waals surface area contributed by atoms with E-state index in [0.29, 0.717) is 12.1 Å². The number of sulfonamides is 1. The van der Waals surface area contributed by atoms with Crippen LogP contribution in [0.15, 0.2) is 53.4 Å². The first kappa shape index (κ1) is 17.2. The van der Waals surface area contributed by atoms with Crippen molar-refractivity contribution >= 4 is 10.0 Å². The van der Waals surface area contributed by atoms with Crippen LogP contribution in [0.2, 0.25) is 0 Å². The molecule has 0 saturated heterocycles. The predicted octanol–water partition coefficient (Wildman–Crippen LogP) is 2.40. The zero-order valence-corrected chi connectivity index (χ0v) is 13.9. The Hall–Kier alpha value is -2.20. The minimum absolute atomic E-state index is 0.0207. The number of nitrogens with two attached hydrogens (primary N) is 1. The molecule has 0 unspecified atom stereocenters. The lowest BCUT2D eigenvalue weighted by Gasteiger charge is -2.25. The minimum atomic E-state index is -3.70. The Kier molecular flexibility index (Phi) is 5.16. The van der Waals surface area contributed by atoms with Crippen LogP contribution < -0.4 is 5.14 Å². The van der Waals surface area contributed by atoms with Crippen molar-refractivity contribution < 1.29 is 8.42 Å². The molecule has 0 amide bonds. The van der Waals surface area contributed by atoms with E-state index in [9.17, 15) is 8.42 Å². The molecule has 0 aromatic heterocycles. The summed E-state index contributed by atoms with van der Waals surface area (Å²) >= 11 is 0. The van der Waals surface area contributed by atoms with Crippen LogP contribution in [0.4, 0.5) is 0 Å². The highest BCUT2D eigenvalue weighted by molar-refractivity contribution is 7.89. The predicted molar refractivity (Wildman–Crippen MR) is 88.9 cm³/mol. The summed E-state index contributed by atoms with van der Waals surface area (Å²) in [6.45, 7) is 2.69. The SMILES string of the molecule is C[C@@H](c1cccc(S(N)(=O)=O)c1)N(C)Cc1ccc(C#N)cc1. The average Bonchev–Trinajstić information content (AvgIpc) is 2.54. The molecule has 2 N–H and O–H groups in total. The Bertz CT molecular complexity index is 824. The second kappa shape index (κ2) is 6.92. The quantitative estimate of drug-likeness (QED) is 0.912. The highest BCUT2D eigenvalue weighted by Crippen LogP contribution is 2.23. The number of benzene rings is 2. The molecular weight excluding hydrogens is 310 g/mol.